The van der Waals surface area contributed by atoms with Crippen molar-refractivity contribution in [3.63, 3.8) is 0 Å². The lowest BCUT2D eigenvalue weighted by molar-refractivity contribution is -0.137. The van der Waals surface area contributed by atoms with Crippen LogP contribution in [0.5, 0.6) is 0 Å². The molecule has 0 N–H and O–H groups in total. The van der Waals surface area contributed by atoms with Crippen molar-refractivity contribution in [2.24, 2.45) is 0 Å². The molecular weight excluding hydrogens is 389 g/mol. The Balaban J connectivity index is 2.10. The van der Waals surface area contributed by atoms with Gasteiger partial charge in [0.2, 0.25) is 0 Å². The molecule has 0 unspecified atom stereocenters. The number of halogens is 4. The van der Waals surface area contributed by atoms with E-state index in [0.717, 1.165) is 16.1 Å². The average Bonchev–Trinajstić information content (AvgIpc) is 2.79. The van der Waals surface area contributed by atoms with Crippen LogP contribution >= 0.6 is 24.4 Å². The molecule has 0 bridgehead atoms. The molecule has 0 atom stereocenters. The van der Waals surface area contributed by atoms with Crippen molar-refractivity contribution in [3.8, 4) is 0 Å². The van der Waals surface area contributed by atoms with Crippen molar-refractivity contribution in [3.05, 3.63) is 56.9 Å². The number of nitrogens with zero attached hydrogens (tertiary/aromatic N) is 4. The highest BCUT2D eigenvalue weighted by Gasteiger charge is 2.30. The lowest BCUT2D eigenvalue weighted by atomic mass is 10.1. The number of imidazole rings is 1. The quantitative estimate of drug-likeness (QED) is 0.529. The van der Waals surface area contributed by atoms with Crippen LogP contribution < -0.4 is 5.69 Å². The Kier molecular flexibility index (Phi) is 4.78. The Bertz CT molecular complexity index is 1030. The van der Waals surface area contributed by atoms with Gasteiger partial charge < -0.3 is 0 Å². The van der Waals surface area contributed by atoms with Crippen LogP contribution in [0.15, 0.2) is 29.1 Å². The van der Waals surface area contributed by atoms with Crippen LogP contribution in [0.2, 0.25) is 5.15 Å². The molecule has 10 heteroatoms. The van der Waals surface area contributed by atoms with Gasteiger partial charge in [-0.25, -0.2) is 18.7 Å². The van der Waals surface area contributed by atoms with E-state index in [1.165, 1.54) is 16.7 Å². The van der Waals surface area contributed by atoms with E-state index >= 15 is 0 Å². The minimum atomic E-state index is -4.41. The first kappa shape index (κ1) is 18.8. The lowest BCUT2D eigenvalue weighted by Crippen LogP contribution is -2.21. The molecule has 0 saturated carbocycles. The molecule has 0 aliphatic heterocycles. The van der Waals surface area contributed by atoms with E-state index in [-0.39, 0.29) is 28.8 Å². The number of aromatic nitrogens is 4. The molecule has 2 heterocycles. The third-order valence-corrected chi connectivity index (χ3v) is 4.49. The van der Waals surface area contributed by atoms with Gasteiger partial charge in [-0.2, -0.15) is 13.2 Å². The highest BCUT2D eigenvalue weighted by atomic mass is 35.5. The normalized spacial score (nSPS) is 12.3. The lowest BCUT2D eigenvalue weighted by Gasteiger charge is -2.09. The summed E-state index contributed by atoms with van der Waals surface area (Å²) in [5, 5.41) is 0.0944. The SMILES string of the molecule is CC(C)c1nc(Cl)c2c(n1)n(Cc1ccc(C(F)(F)F)cc1)c(=O)n2S. The molecule has 0 fully saturated rings. The minimum Gasteiger partial charge on any atom is -0.271 e. The topological polar surface area (TPSA) is 52.7 Å². The molecule has 1 aromatic carbocycles. The Morgan fingerprint density at radius 3 is 2.35 bits per heavy atom. The molecule has 0 aliphatic carbocycles. The van der Waals surface area contributed by atoms with E-state index in [1.54, 1.807) is 0 Å². The highest BCUT2D eigenvalue weighted by molar-refractivity contribution is 7.78. The van der Waals surface area contributed by atoms with Crippen molar-refractivity contribution in [2.75, 3.05) is 0 Å². The standard InChI is InChI=1S/C16H14ClF3N4OS/c1-8(2)13-21-12(17)11-14(22-13)23(15(25)24(11)26)7-9-3-5-10(6-4-9)16(18,19)20/h3-6,8,26H,7H2,1-2H3. The monoisotopic (exact) mass is 402 g/mol. The number of benzene rings is 1. The second kappa shape index (κ2) is 6.62. The predicted molar refractivity (Wildman–Crippen MR) is 95.8 cm³/mol. The zero-order valence-corrected chi connectivity index (χ0v) is 15.4. The van der Waals surface area contributed by atoms with E-state index in [0.29, 0.717) is 11.4 Å². The third kappa shape index (κ3) is 3.33. The third-order valence-electron chi connectivity index (χ3n) is 3.86. The van der Waals surface area contributed by atoms with E-state index < -0.39 is 17.4 Å². The molecule has 3 rings (SSSR count). The first-order chi connectivity index (χ1) is 12.1. The van der Waals surface area contributed by atoms with Crippen molar-refractivity contribution in [1.82, 2.24) is 18.5 Å². The Hall–Kier alpha value is -2.00. The predicted octanol–water partition coefficient (Wildman–Crippen LogP) is 4.13. The maximum absolute atomic E-state index is 12.7. The summed E-state index contributed by atoms with van der Waals surface area (Å²) in [6, 6.07) is 4.59. The zero-order chi connectivity index (χ0) is 19.2. The number of hydrogen-bond acceptors (Lipinski definition) is 4. The molecule has 0 aliphatic rings. The Morgan fingerprint density at radius 2 is 1.81 bits per heavy atom. The van der Waals surface area contributed by atoms with Gasteiger partial charge in [0.15, 0.2) is 10.8 Å². The number of thiol groups is 1. The molecule has 2 aromatic heterocycles. The number of hydrogen-bond donors (Lipinski definition) is 1. The smallest absolute Gasteiger partial charge is 0.271 e. The van der Waals surface area contributed by atoms with E-state index in [9.17, 15) is 18.0 Å². The first-order valence-corrected chi connectivity index (χ1v) is 8.41. The molecule has 3 aromatic rings. The van der Waals surface area contributed by atoms with Gasteiger partial charge in [-0.1, -0.05) is 50.4 Å². The van der Waals surface area contributed by atoms with E-state index in [4.69, 9.17) is 11.6 Å². The Labute approximate surface area is 157 Å². The zero-order valence-electron chi connectivity index (χ0n) is 13.8. The van der Waals surface area contributed by atoms with Crippen molar-refractivity contribution in [2.45, 2.75) is 32.5 Å². The van der Waals surface area contributed by atoms with Crippen LogP contribution in [0.3, 0.4) is 0 Å². The van der Waals surface area contributed by atoms with Gasteiger partial charge in [0.1, 0.15) is 11.3 Å². The van der Waals surface area contributed by atoms with Gasteiger partial charge in [-0.3, -0.25) is 4.57 Å². The van der Waals surface area contributed by atoms with E-state index in [2.05, 4.69) is 22.8 Å². The fourth-order valence-electron chi connectivity index (χ4n) is 2.49. The number of alkyl halides is 3. The largest absolute Gasteiger partial charge is 0.416 e. The summed E-state index contributed by atoms with van der Waals surface area (Å²) in [7, 11) is 0. The second-order valence-corrected chi connectivity index (χ2v) is 6.83. The van der Waals surface area contributed by atoms with Gasteiger partial charge in [0, 0.05) is 5.92 Å². The van der Waals surface area contributed by atoms with Crippen molar-refractivity contribution >= 4 is 35.6 Å². The molecule has 0 spiro atoms. The van der Waals surface area contributed by atoms with Crippen molar-refractivity contribution in [1.29, 1.82) is 0 Å². The van der Waals surface area contributed by atoms with Gasteiger partial charge >= 0.3 is 11.9 Å². The van der Waals surface area contributed by atoms with Gasteiger partial charge in [-0.05, 0) is 17.7 Å². The van der Waals surface area contributed by atoms with Crippen LogP contribution in [0.4, 0.5) is 13.2 Å². The maximum Gasteiger partial charge on any atom is 0.416 e. The van der Waals surface area contributed by atoms with Crippen molar-refractivity contribution < 1.29 is 13.2 Å². The fraction of sp³-hybridized carbons (Fsp3) is 0.312. The summed E-state index contributed by atoms with van der Waals surface area (Å²) < 4.78 is 40.4. The summed E-state index contributed by atoms with van der Waals surface area (Å²) in [5.74, 6) is 0.442. The van der Waals surface area contributed by atoms with Crippen LogP contribution in [-0.2, 0) is 12.7 Å². The molecule has 0 saturated heterocycles. The highest BCUT2D eigenvalue weighted by Crippen LogP contribution is 2.29. The maximum atomic E-state index is 12.7. The summed E-state index contributed by atoms with van der Waals surface area (Å²) >= 11 is 10.3. The van der Waals surface area contributed by atoms with Crippen LogP contribution in [0, 0.1) is 0 Å². The van der Waals surface area contributed by atoms with Crippen LogP contribution in [0.25, 0.3) is 11.2 Å². The Morgan fingerprint density at radius 1 is 1.19 bits per heavy atom. The number of rotatable bonds is 3. The molecular formula is C16H14ClF3N4OS. The summed E-state index contributed by atoms with van der Waals surface area (Å²) in [5.41, 5.74) is -0.190. The van der Waals surface area contributed by atoms with Gasteiger partial charge in [-0.15, -0.1) is 0 Å². The van der Waals surface area contributed by atoms with E-state index in [1.807, 2.05) is 13.8 Å². The second-order valence-electron chi connectivity index (χ2n) is 6.07. The summed E-state index contributed by atoms with van der Waals surface area (Å²) in [6.45, 7) is 3.80. The van der Waals surface area contributed by atoms with Crippen LogP contribution in [0.1, 0.15) is 36.7 Å². The summed E-state index contributed by atoms with van der Waals surface area (Å²) in [4.78, 5) is 21.1. The van der Waals surface area contributed by atoms with Crippen LogP contribution in [-0.4, -0.2) is 18.5 Å². The molecule has 0 amide bonds. The minimum absolute atomic E-state index is 0.0187. The average molecular weight is 403 g/mol. The molecule has 5 nitrogen and oxygen atoms in total. The number of fused-ring (bicyclic) bond motifs is 1. The fourth-order valence-corrected chi connectivity index (χ4v) is 3.09. The van der Waals surface area contributed by atoms with Gasteiger partial charge in [0.05, 0.1) is 12.1 Å². The first-order valence-electron chi connectivity index (χ1n) is 7.63. The molecule has 138 valence electrons. The van der Waals surface area contributed by atoms with Gasteiger partial charge in [0.25, 0.3) is 0 Å². The molecule has 0 radical (unpaired) electrons. The molecule has 26 heavy (non-hydrogen) atoms. The summed E-state index contributed by atoms with van der Waals surface area (Å²) in [6.07, 6.45) is -4.41.